The second kappa shape index (κ2) is 7.04. The first-order valence-electron chi connectivity index (χ1n) is 7.89. The van der Waals surface area contributed by atoms with Gasteiger partial charge >= 0.3 is 0 Å². The fourth-order valence-electron chi connectivity index (χ4n) is 3.22. The van der Waals surface area contributed by atoms with Crippen LogP contribution in [-0.4, -0.2) is 67.8 Å². The lowest BCUT2D eigenvalue weighted by Gasteiger charge is -2.37. The highest BCUT2D eigenvalue weighted by Gasteiger charge is 2.22. The first-order chi connectivity index (χ1) is 10.3. The summed E-state index contributed by atoms with van der Waals surface area (Å²) in [4.78, 5) is 13.3. The van der Waals surface area contributed by atoms with Crippen LogP contribution in [0.4, 0.5) is 5.82 Å². The molecule has 1 unspecified atom stereocenters. The Labute approximate surface area is 126 Å². The van der Waals surface area contributed by atoms with Crippen molar-refractivity contribution in [2.24, 2.45) is 5.92 Å². The summed E-state index contributed by atoms with van der Waals surface area (Å²) in [6, 6.07) is 1.92. The van der Waals surface area contributed by atoms with Crippen LogP contribution < -0.4 is 15.0 Å². The number of hydrogen-bond acceptors (Lipinski definition) is 6. The van der Waals surface area contributed by atoms with Gasteiger partial charge in [0.25, 0.3) is 0 Å². The zero-order valence-corrected chi connectivity index (χ0v) is 12.8. The molecule has 2 aliphatic heterocycles. The number of piperidine rings is 1. The van der Waals surface area contributed by atoms with Gasteiger partial charge in [-0.25, -0.2) is 9.97 Å². The Morgan fingerprint density at radius 2 is 2.14 bits per heavy atom. The van der Waals surface area contributed by atoms with E-state index in [4.69, 9.17) is 4.74 Å². The molecule has 0 saturated carbocycles. The highest BCUT2D eigenvalue weighted by Crippen LogP contribution is 2.18. The summed E-state index contributed by atoms with van der Waals surface area (Å²) in [6.07, 6.45) is 4.27. The number of ether oxygens (including phenoxy) is 1. The molecule has 1 aromatic rings. The van der Waals surface area contributed by atoms with E-state index in [1.807, 2.05) is 6.07 Å². The Balaban J connectivity index is 1.50. The number of piperazine rings is 1. The number of rotatable bonds is 4. The lowest BCUT2D eigenvalue weighted by molar-refractivity contribution is 0.198. The first kappa shape index (κ1) is 14.5. The highest BCUT2D eigenvalue weighted by molar-refractivity contribution is 5.41. The van der Waals surface area contributed by atoms with Crippen LogP contribution >= 0.6 is 0 Å². The van der Waals surface area contributed by atoms with Gasteiger partial charge in [0.1, 0.15) is 12.1 Å². The summed E-state index contributed by atoms with van der Waals surface area (Å²) in [5.41, 5.74) is 0. The average Bonchev–Trinajstić information content (AvgIpc) is 2.56. The van der Waals surface area contributed by atoms with E-state index >= 15 is 0 Å². The Morgan fingerprint density at radius 3 is 2.86 bits per heavy atom. The molecule has 0 spiro atoms. The van der Waals surface area contributed by atoms with Crippen molar-refractivity contribution in [3.8, 4) is 5.88 Å². The monoisotopic (exact) mass is 291 g/mol. The lowest BCUT2D eigenvalue weighted by Crippen LogP contribution is -2.49. The van der Waals surface area contributed by atoms with Crippen molar-refractivity contribution in [2.75, 3.05) is 57.8 Å². The molecule has 1 atom stereocenters. The van der Waals surface area contributed by atoms with Crippen molar-refractivity contribution in [3.63, 3.8) is 0 Å². The lowest BCUT2D eigenvalue weighted by atomic mass is 9.99. The standard InChI is InChI=1S/C15H25N5O/c1-21-15-9-14(17-12-18-15)20-7-5-19(6-8-20)11-13-3-2-4-16-10-13/h9,12-13,16H,2-8,10-11H2,1H3. The maximum atomic E-state index is 5.17. The quantitative estimate of drug-likeness (QED) is 0.877. The van der Waals surface area contributed by atoms with Gasteiger partial charge in [-0.15, -0.1) is 0 Å². The molecule has 0 aromatic carbocycles. The fraction of sp³-hybridized carbons (Fsp3) is 0.733. The minimum absolute atomic E-state index is 0.635. The zero-order chi connectivity index (χ0) is 14.5. The third-order valence-electron chi connectivity index (χ3n) is 4.45. The van der Waals surface area contributed by atoms with Crippen LogP contribution in [0.25, 0.3) is 0 Å². The number of nitrogens with zero attached hydrogens (tertiary/aromatic N) is 4. The van der Waals surface area contributed by atoms with Crippen LogP contribution in [0.3, 0.4) is 0 Å². The summed E-state index contributed by atoms with van der Waals surface area (Å²) >= 11 is 0. The predicted octanol–water partition coefficient (Wildman–Crippen LogP) is 0.607. The van der Waals surface area contributed by atoms with Crippen molar-refractivity contribution >= 4 is 5.82 Å². The van der Waals surface area contributed by atoms with Crippen LogP contribution in [0.2, 0.25) is 0 Å². The van der Waals surface area contributed by atoms with Gasteiger partial charge in [0.05, 0.1) is 7.11 Å². The normalized spacial score (nSPS) is 24.0. The summed E-state index contributed by atoms with van der Waals surface area (Å²) in [5, 5.41) is 3.50. The van der Waals surface area contributed by atoms with Crippen molar-refractivity contribution in [3.05, 3.63) is 12.4 Å². The molecule has 3 heterocycles. The Bertz CT molecular complexity index is 441. The number of aromatic nitrogens is 2. The summed E-state index contributed by atoms with van der Waals surface area (Å²) < 4.78 is 5.17. The molecule has 0 amide bonds. The minimum Gasteiger partial charge on any atom is -0.481 e. The van der Waals surface area contributed by atoms with Crippen molar-refractivity contribution in [1.29, 1.82) is 0 Å². The second-order valence-electron chi connectivity index (χ2n) is 5.92. The molecular weight excluding hydrogens is 266 g/mol. The summed E-state index contributed by atoms with van der Waals surface area (Å²) in [5.74, 6) is 2.43. The fourth-order valence-corrected chi connectivity index (χ4v) is 3.22. The molecule has 2 saturated heterocycles. The molecule has 0 bridgehead atoms. The van der Waals surface area contributed by atoms with Crippen molar-refractivity contribution in [2.45, 2.75) is 12.8 Å². The van der Waals surface area contributed by atoms with Gasteiger partial charge in [0.2, 0.25) is 5.88 Å². The van der Waals surface area contributed by atoms with E-state index in [1.165, 1.54) is 32.5 Å². The Kier molecular flexibility index (Phi) is 4.87. The van der Waals surface area contributed by atoms with E-state index in [0.717, 1.165) is 37.9 Å². The maximum absolute atomic E-state index is 5.17. The van der Waals surface area contributed by atoms with Gasteiger partial charge in [-0.3, -0.25) is 4.90 Å². The molecule has 1 N–H and O–H groups in total. The zero-order valence-electron chi connectivity index (χ0n) is 12.8. The largest absolute Gasteiger partial charge is 0.481 e. The van der Waals surface area contributed by atoms with Crippen LogP contribution in [-0.2, 0) is 0 Å². The molecule has 21 heavy (non-hydrogen) atoms. The van der Waals surface area contributed by atoms with E-state index in [1.54, 1.807) is 13.4 Å². The van der Waals surface area contributed by atoms with Crippen LogP contribution in [0.5, 0.6) is 5.88 Å². The van der Waals surface area contributed by atoms with Crippen molar-refractivity contribution < 1.29 is 4.74 Å². The molecule has 116 valence electrons. The molecule has 0 aliphatic carbocycles. The van der Waals surface area contributed by atoms with E-state index in [0.29, 0.717) is 5.88 Å². The molecule has 6 heteroatoms. The van der Waals surface area contributed by atoms with Crippen molar-refractivity contribution in [1.82, 2.24) is 20.2 Å². The smallest absolute Gasteiger partial charge is 0.218 e. The van der Waals surface area contributed by atoms with Gasteiger partial charge < -0.3 is 15.0 Å². The number of anilines is 1. The molecule has 1 aromatic heterocycles. The van der Waals surface area contributed by atoms with Gasteiger partial charge in [-0.2, -0.15) is 0 Å². The highest BCUT2D eigenvalue weighted by atomic mass is 16.5. The Morgan fingerprint density at radius 1 is 1.29 bits per heavy atom. The molecule has 2 aliphatic rings. The van der Waals surface area contributed by atoms with Gasteiger partial charge in [0.15, 0.2) is 0 Å². The van der Waals surface area contributed by atoms with Gasteiger partial charge in [0, 0.05) is 38.8 Å². The predicted molar refractivity (Wildman–Crippen MR) is 82.8 cm³/mol. The molecule has 6 nitrogen and oxygen atoms in total. The minimum atomic E-state index is 0.635. The maximum Gasteiger partial charge on any atom is 0.218 e. The Hall–Kier alpha value is -1.40. The molecule has 2 fully saturated rings. The molecule has 3 rings (SSSR count). The molecule has 0 radical (unpaired) electrons. The number of methoxy groups -OCH3 is 1. The van der Waals surface area contributed by atoms with Gasteiger partial charge in [-0.05, 0) is 31.8 Å². The van der Waals surface area contributed by atoms with E-state index in [2.05, 4.69) is 25.1 Å². The second-order valence-corrected chi connectivity index (χ2v) is 5.92. The number of hydrogen-bond donors (Lipinski definition) is 1. The van der Waals surface area contributed by atoms with Crippen LogP contribution in [0.15, 0.2) is 12.4 Å². The average molecular weight is 291 g/mol. The van der Waals surface area contributed by atoms with E-state index in [9.17, 15) is 0 Å². The third-order valence-corrected chi connectivity index (χ3v) is 4.45. The van der Waals surface area contributed by atoms with Gasteiger partial charge in [-0.1, -0.05) is 0 Å². The van der Waals surface area contributed by atoms with E-state index < -0.39 is 0 Å². The number of nitrogens with one attached hydrogen (secondary N) is 1. The summed E-state index contributed by atoms with van der Waals surface area (Å²) in [7, 11) is 1.64. The first-order valence-corrected chi connectivity index (χ1v) is 7.89. The molecular formula is C15H25N5O. The topological polar surface area (TPSA) is 53.5 Å². The third kappa shape index (κ3) is 3.83. The SMILES string of the molecule is COc1cc(N2CCN(CC3CCCNC3)CC2)ncn1. The summed E-state index contributed by atoms with van der Waals surface area (Å²) in [6.45, 7) is 7.89. The van der Waals surface area contributed by atoms with E-state index in [-0.39, 0.29) is 0 Å². The van der Waals surface area contributed by atoms with Crippen LogP contribution in [0.1, 0.15) is 12.8 Å². The van der Waals surface area contributed by atoms with Crippen LogP contribution in [0, 0.1) is 5.92 Å².